The van der Waals surface area contributed by atoms with E-state index in [1.54, 1.807) is 19.1 Å². The maximum atomic E-state index is 11.8. The number of ether oxygens (including phenoxy) is 1. The number of para-hydroxylation sites is 1. The van der Waals surface area contributed by atoms with E-state index in [2.05, 4.69) is 26.0 Å². The Kier molecular flexibility index (Phi) is 4.15. The molecular formula is C19H20N2O2. The van der Waals surface area contributed by atoms with Gasteiger partial charge in [0.2, 0.25) is 0 Å². The fourth-order valence-electron chi connectivity index (χ4n) is 2.67. The lowest BCUT2D eigenvalue weighted by Crippen LogP contribution is -2.04. The van der Waals surface area contributed by atoms with Gasteiger partial charge in [-0.2, -0.15) is 5.10 Å². The van der Waals surface area contributed by atoms with Crippen LogP contribution in [0.2, 0.25) is 0 Å². The molecule has 0 bridgehead atoms. The highest BCUT2D eigenvalue weighted by atomic mass is 16.5. The molecule has 23 heavy (non-hydrogen) atoms. The molecule has 0 aliphatic heterocycles. The summed E-state index contributed by atoms with van der Waals surface area (Å²) in [6.45, 7) is 6.42. The van der Waals surface area contributed by atoms with Gasteiger partial charge in [0.1, 0.15) is 5.69 Å². The lowest BCUT2D eigenvalue weighted by atomic mass is 10.1. The number of hydrogen-bond donors (Lipinski definition) is 0. The summed E-state index contributed by atoms with van der Waals surface area (Å²) in [7, 11) is 0. The molecular weight excluding hydrogens is 288 g/mol. The van der Waals surface area contributed by atoms with Crippen LogP contribution in [0.25, 0.3) is 22.2 Å². The predicted octanol–water partition coefficient (Wildman–Crippen LogP) is 4.46. The first kappa shape index (κ1) is 15.3. The van der Waals surface area contributed by atoms with Crippen molar-refractivity contribution in [3.8, 4) is 11.3 Å². The fraction of sp³-hybridized carbons (Fsp3) is 0.263. The number of fused-ring (bicyclic) bond motifs is 1. The molecule has 0 fully saturated rings. The van der Waals surface area contributed by atoms with Crippen LogP contribution >= 0.6 is 0 Å². The molecule has 3 rings (SSSR count). The van der Waals surface area contributed by atoms with Gasteiger partial charge < -0.3 is 4.74 Å². The van der Waals surface area contributed by atoms with E-state index in [1.807, 2.05) is 28.9 Å². The van der Waals surface area contributed by atoms with Crippen LogP contribution in [0.5, 0.6) is 0 Å². The first-order valence-electron chi connectivity index (χ1n) is 7.86. The van der Waals surface area contributed by atoms with Gasteiger partial charge >= 0.3 is 5.97 Å². The highest BCUT2D eigenvalue weighted by Crippen LogP contribution is 2.29. The molecule has 2 aromatic carbocycles. The van der Waals surface area contributed by atoms with Crippen molar-refractivity contribution in [1.82, 2.24) is 9.78 Å². The Hall–Kier alpha value is -2.62. The number of esters is 1. The van der Waals surface area contributed by atoms with Gasteiger partial charge in [0.15, 0.2) is 0 Å². The number of carbonyl (C=O) groups is 1. The Morgan fingerprint density at radius 2 is 1.83 bits per heavy atom. The van der Waals surface area contributed by atoms with Gasteiger partial charge in [0.05, 0.1) is 17.7 Å². The Balaban J connectivity index is 2.05. The Morgan fingerprint density at radius 1 is 1.13 bits per heavy atom. The summed E-state index contributed by atoms with van der Waals surface area (Å²) in [5.41, 5.74) is 3.61. The van der Waals surface area contributed by atoms with Gasteiger partial charge in [-0.15, -0.1) is 0 Å². The molecule has 0 N–H and O–H groups in total. The number of carbonyl (C=O) groups excluding carboxylic acids is 1. The maximum absolute atomic E-state index is 11.8. The first-order chi connectivity index (χ1) is 11.1. The van der Waals surface area contributed by atoms with Crippen molar-refractivity contribution in [2.45, 2.75) is 26.8 Å². The zero-order valence-corrected chi connectivity index (χ0v) is 13.6. The van der Waals surface area contributed by atoms with Crippen LogP contribution < -0.4 is 0 Å². The van der Waals surface area contributed by atoms with Crippen molar-refractivity contribution in [3.05, 3.63) is 54.1 Å². The largest absolute Gasteiger partial charge is 0.462 e. The molecule has 4 nitrogen and oxygen atoms in total. The third-order valence-corrected chi connectivity index (χ3v) is 3.77. The van der Waals surface area contributed by atoms with Gasteiger partial charge in [0.25, 0.3) is 0 Å². The average molecular weight is 308 g/mol. The van der Waals surface area contributed by atoms with E-state index < -0.39 is 0 Å². The normalized spacial score (nSPS) is 11.1. The monoisotopic (exact) mass is 308 g/mol. The summed E-state index contributed by atoms with van der Waals surface area (Å²) in [5.74, 6) is -0.295. The molecule has 3 aromatic rings. The summed E-state index contributed by atoms with van der Waals surface area (Å²) in [5, 5.41) is 5.89. The third kappa shape index (κ3) is 2.84. The Morgan fingerprint density at radius 3 is 2.48 bits per heavy atom. The van der Waals surface area contributed by atoms with Crippen LogP contribution in [0.4, 0.5) is 0 Å². The first-order valence-corrected chi connectivity index (χ1v) is 7.86. The van der Waals surface area contributed by atoms with E-state index in [0.717, 1.165) is 22.2 Å². The van der Waals surface area contributed by atoms with Gasteiger partial charge in [-0.1, -0.05) is 30.3 Å². The second kappa shape index (κ2) is 6.24. The van der Waals surface area contributed by atoms with Gasteiger partial charge in [-0.3, -0.25) is 4.68 Å². The van der Waals surface area contributed by atoms with Crippen LogP contribution in [0, 0.1) is 0 Å². The smallest absolute Gasteiger partial charge is 0.338 e. The van der Waals surface area contributed by atoms with Crippen molar-refractivity contribution < 1.29 is 9.53 Å². The van der Waals surface area contributed by atoms with E-state index in [4.69, 9.17) is 9.84 Å². The van der Waals surface area contributed by atoms with E-state index in [9.17, 15) is 4.79 Å². The molecule has 0 saturated carbocycles. The Bertz CT molecular complexity index is 832. The van der Waals surface area contributed by atoms with Crippen LogP contribution in [0.15, 0.2) is 48.5 Å². The average Bonchev–Trinajstić information content (AvgIpc) is 2.95. The van der Waals surface area contributed by atoms with E-state index in [0.29, 0.717) is 12.2 Å². The molecule has 0 radical (unpaired) electrons. The second-order valence-corrected chi connectivity index (χ2v) is 5.70. The molecule has 4 heteroatoms. The minimum atomic E-state index is -0.295. The highest BCUT2D eigenvalue weighted by Gasteiger charge is 2.14. The zero-order chi connectivity index (χ0) is 16.4. The molecule has 0 atom stereocenters. The van der Waals surface area contributed by atoms with Gasteiger partial charge in [-0.05, 0) is 39.0 Å². The lowest BCUT2D eigenvalue weighted by molar-refractivity contribution is 0.0526. The van der Waals surface area contributed by atoms with Crippen LogP contribution in [-0.2, 0) is 4.74 Å². The van der Waals surface area contributed by atoms with Crippen molar-refractivity contribution in [1.29, 1.82) is 0 Å². The second-order valence-electron chi connectivity index (χ2n) is 5.70. The topological polar surface area (TPSA) is 44.1 Å². The quantitative estimate of drug-likeness (QED) is 0.668. The summed E-state index contributed by atoms with van der Waals surface area (Å²) in [6, 6.07) is 15.9. The molecule has 118 valence electrons. The minimum Gasteiger partial charge on any atom is -0.462 e. The van der Waals surface area contributed by atoms with E-state index in [-0.39, 0.29) is 12.0 Å². The maximum Gasteiger partial charge on any atom is 0.338 e. The number of nitrogens with zero attached hydrogens (tertiary/aromatic N) is 2. The SMILES string of the molecule is CCOC(=O)c1ccc(-c2nn(C(C)C)c3ccccc23)cc1. The number of hydrogen-bond acceptors (Lipinski definition) is 3. The fourth-order valence-corrected chi connectivity index (χ4v) is 2.67. The van der Waals surface area contributed by atoms with Crippen LogP contribution in [0.1, 0.15) is 37.2 Å². The van der Waals surface area contributed by atoms with Crippen LogP contribution in [-0.4, -0.2) is 22.4 Å². The standard InChI is InChI=1S/C19H20N2O2/c1-4-23-19(22)15-11-9-14(10-12-15)18-16-7-5-6-8-17(16)21(20-18)13(2)3/h5-13H,4H2,1-3H3. The number of aromatic nitrogens is 2. The van der Waals surface area contributed by atoms with Crippen molar-refractivity contribution in [2.75, 3.05) is 6.61 Å². The minimum absolute atomic E-state index is 0.285. The summed E-state index contributed by atoms with van der Waals surface area (Å²) in [4.78, 5) is 11.8. The predicted molar refractivity (Wildman–Crippen MR) is 91.5 cm³/mol. The summed E-state index contributed by atoms with van der Waals surface area (Å²) in [6.07, 6.45) is 0. The van der Waals surface area contributed by atoms with E-state index >= 15 is 0 Å². The molecule has 0 aliphatic carbocycles. The summed E-state index contributed by atoms with van der Waals surface area (Å²) >= 11 is 0. The lowest BCUT2D eigenvalue weighted by Gasteiger charge is -2.06. The Labute approximate surface area is 135 Å². The molecule has 0 aliphatic rings. The molecule has 0 saturated heterocycles. The van der Waals surface area contributed by atoms with Gasteiger partial charge in [0, 0.05) is 17.0 Å². The van der Waals surface area contributed by atoms with E-state index in [1.165, 1.54) is 0 Å². The van der Waals surface area contributed by atoms with Gasteiger partial charge in [-0.25, -0.2) is 4.79 Å². The molecule has 1 heterocycles. The number of benzene rings is 2. The third-order valence-electron chi connectivity index (χ3n) is 3.77. The number of rotatable bonds is 4. The van der Waals surface area contributed by atoms with Crippen LogP contribution in [0.3, 0.4) is 0 Å². The summed E-state index contributed by atoms with van der Waals surface area (Å²) < 4.78 is 7.05. The van der Waals surface area contributed by atoms with Crippen molar-refractivity contribution >= 4 is 16.9 Å². The highest BCUT2D eigenvalue weighted by molar-refractivity contribution is 5.94. The molecule has 0 spiro atoms. The zero-order valence-electron chi connectivity index (χ0n) is 13.6. The molecule has 0 amide bonds. The van der Waals surface area contributed by atoms with Crippen molar-refractivity contribution in [2.24, 2.45) is 0 Å². The van der Waals surface area contributed by atoms with Crippen molar-refractivity contribution in [3.63, 3.8) is 0 Å². The molecule has 0 unspecified atom stereocenters. The molecule has 1 aromatic heterocycles.